The summed E-state index contributed by atoms with van der Waals surface area (Å²) in [5, 5.41) is 4.21. The lowest BCUT2D eigenvalue weighted by Gasteiger charge is -2.25. The lowest BCUT2D eigenvalue weighted by Crippen LogP contribution is -2.32. The molecule has 0 aliphatic carbocycles. The first-order valence-corrected chi connectivity index (χ1v) is 7.77. The van der Waals surface area contributed by atoms with Gasteiger partial charge in [-0.25, -0.2) is 0 Å². The van der Waals surface area contributed by atoms with Gasteiger partial charge in [0.2, 0.25) is 5.91 Å². The van der Waals surface area contributed by atoms with Crippen molar-refractivity contribution in [3.63, 3.8) is 0 Å². The van der Waals surface area contributed by atoms with Gasteiger partial charge in [-0.2, -0.15) is 0 Å². The van der Waals surface area contributed by atoms with E-state index in [1.807, 2.05) is 31.2 Å². The smallest absolute Gasteiger partial charge is 0.231 e. The number of ether oxygens (including phenoxy) is 1. The van der Waals surface area contributed by atoms with Gasteiger partial charge in [0.05, 0.1) is 5.92 Å². The Bertz CT molecular complexity index is 731. The first-order chi connectivity index (χ1) is 10.5. The molecule has 0 spiro atoms. The predicted molar refractivity (Wildman–Crippen MR) is 89.0 cm³/mol. The predicted octanol–water partition coefficient (Wildman–Crippen LogP) is 4.49. The number of amides is 1. The van der Waals surface area contributed by atoms with Crippen molar-refractivity contribution in [1.82, 2.24) is 0 Å². The average molecular weight is 336 g/mol. The molecule has 1 amide bonds. The van der Waals surface area contributed by atoms with E-state index in [-0.39, 0.29) is 11.8 Å². The Morgan fingerprint density at radius 3 is 2.91 bits per heavy atom. The highest BCUT2D eigenvalue weighted by Crippen LogP contribution is 2.31. The Morgan fingerprint density at radius 2 is 2.09 bits per heavy atom. The average Bonchev–Trinajstić information content (AvgIpc) is 2.51. The summed E-state index contributed by atoms with van der Waals surface area (Å²) in [6, 6.07) is 10.9. The molecule has 114 valence electrons. The van der Waals surface area contributed by atoms with Crippen LogP contribution in [0.15, 0.2) is 36.4 Å². The molecule has 1 heterocycles. The van der Waals surface area contributed by atoms with Crippen LogP contribution in [0.3, 0.4) is 0 Å². The number of halogens is 2. The molecule has 22 heavy (non-hydrogen) atoms. The summed E-state index contributed by atoms with van der Waals surface area (Å²) >= 11 is 12.1. The molecule has 2 aromatic rings. The van der Waals surface area contributed by atoms with Gasteiger partial charge in [0.25, 0.3) is 0 Å². The normalized spacial score (nSPS) is 16.6. The molecule has 0 unspecified atom stereocenters. The van der Waals surface area contributed by atoms with E-state index in [4.69, 9.17) is 27.9 Å². The van der Waals surface area contributed by atoms with Crippen molar-refractivity contribution in [1.29, 1.82) is 0 Å². The van der Waals surface area contributed by atoms with Crippen LogP contribution in [0, 0.1) is 12.8 Å². The molecule has 1 atom stereocenters. The van der Waals surface area contributed by atoms with Crippen LogP contribution in [0.5, 0.6) is 5.75 Å². The SMILES string of the molecule is Cc1c(Cl)cccc1NC(=O)[C@H]1COc2ccc(Cl)cc2C1. The number of benzene rings is 2. The zero-order valence-electron chi connectivity index (χ0n) is 12.0. The van der Waals surface area contributed by atoms with Crippen LogP contribution in [0.2, 0.25) is 10.0 Å². The molecule has 1 N–H and O–H groups in total. The Hall–Kier alpha value is -1.71. The summed E-state index contributed by atoms with van der Waals surface area (Å²) in [4.78, 5) is 12.5. The third-order valence-corrected chi connectivity index (χ3v) is 4.47. The second-order valence-corrected chi connectivity index (χ2v) is 6.21. The minimum Gasteiger partial charge on any atom is -0.492 e. The minimum absolute atomic E-state index is 0.0732. The van der Waals surface area contributed by atoms with Gasteiger partial charge in [-0.15, -0.1) is 0 Å². The number of nitrogens with one attached hydrogen (secondary N) is 1. The maximum Gasteiger partial charge on any atom is 0.231 e. The Labute approximate surface area is 139 Å². The molecule has 0 fully saturated rings. The fourth-order valence-electron chi connectivity index (χ4n) is 2.51. The molecule has 3 nitrogen and oxygen atoms in total. The van der Waals surface area contributed by atoms with Gasteiger partial charge in [0, 0.05) is 15.7 Å². The number of carbonyl (C=O) groups is 1. The topological polar surface area (TPSA) is 38.3 Å². The maximum atomic E-state index is 12.5. The molecule has 0 aromatic heterocycles. The summed E-state index contributed by atoms with van der Waals surface area (Å²) in [7, 11) is 0. The van der Waals surface area contributed by atoms with Crippen molar-refractivity contribution in [2.45, 2.75) is 13.3 Å². The van der Waals surface area contributed by atoms with Gasteiger partial charge in [-0.1, -0.05) is 29.3 Å². The van der Waals surface area contributed by atoms with Crippen molar-refractivity contribution in [2.75, 3.05) is 11.9 Å². The molecule has 0 radical (unpaired) electrons. The van der Waals surface area contributed by atoms with Crippen molar-refractivity contribution < 1.29 is 9.53 Å². The third kappa shape index (κ3) is 3.06. The van der Waals surface area contributed by atoms with E-state index >= 15 is 0 Å². The molecular formula is C17H15Cl2NO2. The molecular weight excluding hydrogens is 321 g/mol. The van der Waals surface area contributed by atoms with Crippen LogP contribution in [0.1, 0.15) is 11.1 Å². The molecule has 0 bridgehead atoms. The number of hydrogen-bond donors (Lipinski definition) is 1. The largest absolute Gasteiger partial charge is 0.492 e. The molecule has 5 heteroatoms. The second-order valence-electron chi connectivity index (χ2n) is 5.37. The zero-order valence-corrected chi connectivity index (χ0v) is 13.5. The van der Waals surface area contributed by atoms with E-state index < -0.39 is 0 Å². The van der Waals surface area contributed by atoms with Gasteiger partial charge in [-0.3, -0.25) is 4.79 Å². The maximum absolute atomic E-state index is 12.5. The summed E-state index contributed by atoms with van der Waals surface area (Å²) in [6.07, 6.45) is 0.612. The van der Waals surface area contributed by atoms with Crippen molar-refractivity contribution >= 4 is 34.8 Å². The van der Waals surface area contributed by atoms with Crippen LogP contribution >= 0.6 is 23.2 Å². The standard InChI is InChI=1S/C17H15Cl2NO2/c1-10-14(19)3-2-4-15(10)20-17(21)12-7-11-8-13(18)5-6-16(11)22-9-12/h2-6,8,12H,7,9H2,1H3,(H,20,21)/t12-/m1/s1. The summed E-state index contributed by atoms with van der Waals surface area (Å²) in [6.45, 7) is 2.24. The lowest BCUT2D eigenvalue weighted by molar-refractivity contribution is -0.121. The van der Waals surface area contributed by atoms with Crippen LogP contribution in [0.25, 0.3) is 0 Å². The molecule has 2 aromatic carbocycles. The highest BCUT2D eigenvalue weighted by molar-refractivity contribution is 6.31. The quantitative estimate of drug-likeness (QED) is 0.877. The molecule has 3 rings (SSSR count). The monoisotopic (exact) mass is 335 g/mol. The highest BCUT2D eigenvalue weighted by Gasteiger charge is 2.26. The van der Waals surface area contributed by atoms with E-state index in [0.29, 0.717) is 23.1 Å². The minimum atomic E-state index is -0.246. The van der Waals surface area contributed by atoms with Crippen LogP contribution in [0.4, 0.5) is 5.69 Å². The Balaban J connectivity index is 1.75. The molecule has 1 aliphatic rings. The summed E-state index contributed by atoms with van der Waals surface area (Å²) in [5.74, 6) is 0.479. The number of fused-ring (bicyclic) bond motifs is 1. The van der Waals surface area contributed by atoms with Gasteiger partial charge in [0.15, 0.2) is 0 Å². The molecule has 1 aliphatic heterocycles. The highest BCUT2D eigenvalue weighted by atomic mass is 35.5. The van der Waals surface area contributed by atoms with Gasteiger partial charge < -0.3 is 10.1 Å². The molecule has 0 saturated carbocycles. The van der Waals surface area contributed by atoms with E-state index in [0.717, 1.165) is 22.6 Å². The van der Waals surface area contributed by atoms with E-state index in [9.17, 15) is 4.79 Å². The van der Waals surface area contributed by atoms with Crippen molar-refractivity contribution in [3.8, 4) is 5.75 Å². The fraction of sp³-hybridized carbons (Fsp3) is 0.235. The first kappa shape index (κ1) is 15.2. The Kier molecular flexibility index (Phi) is 4.27. The number of rotatable bonds is 2. The van der Waals surface area contributed by atoms with Crippen LogP contribution in [-0.4, -0.2) is 12.5 Å². The Morgan fingerprint density at radius 1 is 1.27 bits per heavy atom. The van der Waals surface area contributed by atoms with E-state index in [2.05, 4.69) is 5.32 Å². The first-order valence-electron chi connectivity index (χ1n) is 7.02. The number of hydrogen-bond acceptors (Lipinski definition) is 2. The number of carbonyl (C=O) groups excluding carboxylic acids is 1. The summed E-state index contributed by atoms with van der Waals surface area (Å²) < 4.78 is 5.66. The van der Waals surface area contributed by atoms with E-state index in [1.165, 1.54) is 0 Å². The zero-order chi connectivity index (χ0) is 15.7. The van der Waals surface area contributed by atoms with E-state index in [1.54, 1.807) is 12.1 Å². The lowest BCUT2D eigenvalue weighted by atomic mass is 9.96. The fourth-order valence-corrected chi connectivity index (χ4v) is 2.88. The number of anilines is 1. The summed E-state index contributed by atoms with van der Waals surface area (Å²) in [5.41, 5.74) is 2.55. The van der Waals surface area contributed by atoms with Gasteiger partial charge in [-0.05, 0) is 54.8 Å². The van der Waals surface area contributed by atoms with Crippen molar-refractivity contribution in [3.05, 3.63) is 57.6 Å². The van der Waals surface area contributed by atoms with Crippen LogP contribution < -0.4 is 10.1 Å². The van der Waals surface area contributed by atoms with Crippen LogP contribution in [-0.2, 0) is 11.2 Å². The molecule has 0 saturated heterocycles. The third-order valence-electron chi connectivity index (χ3n) is 3.83. The second kappa shape index (κ2) is 6.19. The van der Waals surface area contributed by atoms with Gasteiger partial charge in [0.1, 0.15) is 12.4 Å². The van der Waals surface area contributed by atoms with Crippen molar-refractivity contribution in [2.24, 2.45) is 5.92 Å². The van der Waals surface area contributed by atoms with Gasteiger partial charge >= 0.3 is 0 Å².